The highest BCUT2D eigenvalue weighted by molar-refractivity contribution is 7.06. The van der Waals surface area contributed by atoms with Crippen LogP contribution in [0.1, 0.15) is 52.7 Å². The van der Waals surface area contributed by atoms with Gasteiger partial charge in [-0.15, -0.1) is 0 Å². The smallest absolute Gasteiger partial charge is 0.373 e. The molecule has 48 heavy (non-hydrogen) atoms. The van der Waals surface area contributed by atoms with Crippen molar-refractivity contribution in [2.24, 2.45) is 0 Å². The van der Waals surface area contributed by atoms with Crippen LogP contribution in [0.2, 0.25) is 36.3 Å². The Hall–Kier alpha value is -0.825. The maximum absolute atomic E-state index is 7.39. The Labute approximate surface area is 291 Å². The van der Waals surface area contributed by atoms with Gasteiger partial charge in [0, 0.05) is 41.5 Å². The molecule has 8 rings (SSSR count). The van der Waals surface area contributed by atoms with Crippen molar-refractivity contribution in [1.82, 2.24) is 0 Å². The largest absolute Gasteiger partial charge is 0.515 e. The molecule has 12 nitrogen and oxygen atoms in total. The zero-order valence-corrected chi connectivity index (χ0v) is 36.3. The Morgan fingerprint density at radius 1 is 0.479 bits per heavy atom. The van der Waals surface area contributed by atoms with Gasteiger partial charge >= 0.3 is 70.4 Å². The van der Waals surface area contributed by atoms with Gasteiger partial charge in [-0.05, 0) is 16.8 Å². The van der Waals surface area contributed by atoms with Gasteiger partial charge in [0.25, 0.3) is 0 Å². The molecule has 2 aromatic rings. The Balaban J connectivity index is 1.54. The minimum atomic E-state index is -4.19. The highest BCUT2D eigenvalue weighted by Crippen LogP contribution is 2.53. The Morgan fingerprint density at radius 2 is 0.812 bits per heavy atom. The first kappa shape index (κ1) is 35.6. The van der Waals surface area contributed by atoms with Crippen molar-refractivity contribution < 1.29 is 49.4 Å². The van der Waals surface area contributed by atoms with Gasteiger partial charge in [0.15, 0.2) is 0 Å². The van der Waals surface area contributed by atoms with Gasteiger partial charge in [-0.2, -0.15) is 0 Å². The van der Waals surface area contributed by atoms with Gasteiger partial charge in [-0.25, -0.2) is 0 Å². The predicted molar refractivity (Wildman–Crippen MR) is 193 cm³/mol. The fourth-order valence-corrected chi connectivity index (χ4v) is 54.4. The third kappa shape index (κ3) is 6.00. The maximum atomic E-state index is 7.39. The third-order valence-corrected chi connectivity index (χ3v) is 44.8. The van der Waals surface area contributed by atoms with E-state index in [-0.39, 0.29) is 0 Å². The molecule has 8 bridgehead atoms. The molecular weight excluding hydrogens is 753 g/mol. The van der Waals surface area contributed by atoms with E-state index in [1.165, 1.54) is 0 Å². The SMILES string of the molecule is C=C(c1ccccc1)[Si]12O[Si]3(CC)O[Si]4(C=Cc5ccccc5)O[Si]5(CC)O[Si](CC)(O3)O[Si](CC)(O[Si](CC)(O5)O[Si](CC)(O4)O1)O2. The average molecular weight is 797 g/mol. The third-order valence-electron chi connectivity index (χ3n) is 9.00. The van der Waals surface area contributed by atoms with Crippen LogP contribution in [0.5, 0.6) is 0 Å². The summed E-state index contributed by atoms with van der Waals surface area (Å²) in [5.41, 5.74) is 3.59. The molecule has 0 spiro atoms. The van der Waals surface area contributed by atoms with Crippen LogP contribution in [0.4, 0.5) is 0 Å². The second-order valence-electron chi connectivity index (χ2n) is 12.2. The summed E-state index contributed by atoms with van der Waals surface area (Å²) in [6, 6.07) is 21.8. The first-order valence-corrected chi connectivity index (χ1v) is 32.0. The Bertz CT molecular complexity index is 1510. The van der Waals surface area contributed by atoms with Crippen molar-refractivity contribution in [1.29, 1.82) is 0 Å². The van der Waals surface area contributed by atoms with Crippen LogP contribution in [0.25, 0.3) is 11.3 Å². The molecule has 0 amide bonds. The lowest BCUT2D eigenvalue weighted by molar-refractivity contribution is -0.0224. The Morgan fingerprint density at radius 3 is 1.21 bits per heavy atom. The summed E-state index contributed by atoms with van der Waals surface area (Å²) in [7, 11) is -31.2. The summed E-state index contributed by atoms with van der Waals surface area (Å²) in [6.45, 7) is 16.4. The molecule has 6 aliphatic heterocycles. The molecular formula is C28H44O12Si8. The van der Waals surface area contributed by atoms with Gasteiger partial charge < -0.3 is 49.4 Å². The summed E-state index contributed by atoms with van der Waals surface area (Å²) < 4.78 is 87.5. The van der Waals surface area contributed by atoms with E-state index in [0.29, 0.717) is 41.5 Å². The monoisotopic (exact) mass is 796 g/mol. The zero-order chi connectivity index (χ0) is 33.9. The fraction of sp³-hybridized carbons (Fsp3) is 0.429. The molecule has 6 saturated heterocycles. The average Bonchev–Trinajstić information content (AvgIpc) is 3.07. The molecule has 0 radical (unpaired) electrons. The van der Waals surface area contributed by atoms with Crippen molar-refractivity contribution in [2.45, 2.75) is 77.8 Å². The molecule has 0 saturated carbocycles. The second-order valence-corrected chi connectivity index (χ2v) is 37.7. The molecule has 6 fully saturated rings. The van der Waals surface area contributed by atoms with Crippen LogP contribution < -0.4 is 0 Å². The molecule has 260 valence electrons. The lowest BCUT2D eigenvalue weighted by Gasteiger charge is -2.62. The summed E-state index contributed by atoms with van der Waals surface area (Å²) in [4.78, 5) is 0. The number of hydrogen-bond donors (Lipinski definition) is 0. The minimum absolute atomic E-state index is 0.330. The molecule has 2 aromatic carbocycles. The highest BCUT2D eigenvalue weighted by atomic mass is 28.6. The van der Waals surface area contributed by atoms with E-state index in [9.17, 15) is 0 Å². The zero-order valence-electron chi connectivity index (χ0n) is 28.3. The summed E-state index contributed by atoms with van der Waals surface area (Å²) in [5.74, 6) is 0. The first-order valence-electron chi connectivity index (χ1n) is 16.8. The quantitative estimate of drug-likeness (QED) is 0.249. The number of benzene rings is 2. The molecule has 6 aliphatic rings. The van der Waals surface area contributed by atoms with Crippen LogP contribution in [0, 0.1) is 0 Å². The summed E-state index contributed by atoms with van der Waals surface area (Å²) in [6.07, 6.45) is 1.94. The minimum Gasteiger partial charge on any atom is -0.373 e. The molecule has 4 unspecified atom stereocenters. The summed E-state index contributed by atoms with van der Waals surface area (Å²) >= 11 is 0. The van der Waals surface area contributed by atoms with Crippen LogP contribution >= 0.6 is 0 Å². The number of hydrogen-bond acceptors (Lipinski definition) is 12. The van der Waals surface area contributed by atoms with E-state index < -0.39 is 70.4 Å². The van der Waals surface area contributed by atoms with Crippen molar-refractivity contribution in [3.8, 4) is 0 Å². The second kappa shape index (κ2) is 12.7. The standard InChI is InChI=1S/C28H44O12Si8/c1-8-41-29-43(10-3)30-42(9-2)32-44(11-4,31-41)38-48(26(7)28-22-18-15-19-23-28)39-45(12-5,33-41)36-47(35-43,37-46(13-6,34-42)40-48)25-24-27-20-16-14-17-21-27/h14-25H,7-13H2,1-6H3. The van der Waals surface area contributed by atoms with Crippen molar-refractivity contribution in [2.75, 3.05) is 0 Å². The van der Waals surface area contributed by atoms with Gasteiger partial charge in [-0.3, -0.25) is 0 Å². The molecule has 0 aromatic heterocycles. The fourth-order valence-electron chi connectivity index (χ4n) is 6.35. The van der Waals surface area contributed by atoms with Gasteiger partial charge in [0.05, 0.1) is 0 Å². The summed E-state index contributed by atoms with van der Waals surface area (Å²) in [5, 5.41) is 0.523. The van der Waals surface area contributed by atoms with E-state index >= 15 is 0 Å². The van der Waals surface area contributed by atoms with E-state index in [1.54, 1.807) is 0 Å². The number of rotatable bonds is 10. The van der Waals surface area contributed by atoms with E-state index in [1.807, 2.05) is 114 Å². The van der Waals surface area contributed by atoms with Crippen LogP contribution in [-0.4, -0.2) is 70.4 Å². The molecule has 0 aliphatic carbocycles. The van der Waals surface area contributed by atoms with Gasteiger partial charge in [-0.1, -0.05) is 115 Å². The van der Waals surface area contributed by atoms with Gasteiger partial charge in [0.2, 0.25) is 0 Å². The van der Waals surface area contributed by atoms with Crippen LogP contribution in [0.15, 0.2) is 72.9 Å². The maximum Gasteiger partial charge on any atom is 0.515 e. The van der Waals surface area contributed by atoms with Crippen LogP contribution in [-0.2, 0) is 49.4 Å². The highest BCUT2D eigenvalue weighted by Gasteiger charge is 2.82. The van der Waals surface area contributed by atoms with Crippen LogP contribution in [0.3, 0.4) is 0 Å². The lowest BCUT2D eigenvalue weighted by Crippen LogP contribution is -2.88. The van der Waals surface area contributed by atoms with E-state index in [2.05, 4.69) is 6.58 Å². The molecule has 0 N–H and O–H groups in total. The van der Waals surface area contributed by atoms with Crippen molar-refractivity contribution >= 4 is 81.7 Å². The first-order chi connectivity index (χ1) is 22.9. The lowest BCUT2D eigenvalue weighted by atomic mass is 10.2. The van der Waals surface area contributed by atoms with Crippen molar-refractivity contribution in [3.63, 3.8) is 0 Å². The predicted octanol–water partition coefficient (Wildman–Crippen LogP) is 6.39. The molecule has 4 atom stereocenters. The Kier molecular flexibility index (Phi) is 9.40. The normalized spacial score (nSPS) is 43.4. The van der Waals surface area contributed by atoms with Crippen molar-refractivity contribution in [3.05, 3.63) is 84.1 Å². The molecule has 6 heterocycles. The van der Waals surface area contributed by atoms with Gasteiger partial charge in [0.1, 0.15) is 0 Å². The van der Waals surface area contributed by atoms with E-state index in [0.717, 1.165) is 11.1 Å². The molecule has 20 heteroatoms. The van der Waals surface area contributed by atoms with E-state index in [4.69, 9.17) is 49.4 Å². The topological polar surface area (TPSA) is 111 Å².